The number of thiophene rings is 1. The highest BCUT2D eigenvalue weighted by Gasteiger charge is 2.27. The molecule has 0 aliphatic heterocycles. The number of aromatic nitrogens is 2. The molecule has 0 amide bonds. The van der Waals surface area contributed by atoms with Gasteiger partial charge in [0.25, 0.3) is 5.56 Å². The molecule has 7 heteroatoms. The molecule has 0 saturated heterocycles. The van der Waals surface area contributed by atoms with Crippen LogP contribution in [0.4, 0.5) is 0 Å². The summed E-state index contributed by atoms with van der Waals surface area (Å²) in [6, 6.07) is 3.43. The molecular formula is C17H13N3O3S. The summed E-state index contributed by atoms with van der Waals surface area (Å²) in [5.74, 6) is -1.49. The molecule has 1 aliphatic carbocycles. The zero-order chi connectivity index (χ0) is 16.7. The highest BCUT2D eigenvalue weighted by atomic mass is 32.1. The molecule has 6 nitrogen and oxygen atoms in total. The number of hydrogen-bond acceptors (Lipinski definition) is 6. The molecule has 4 rings (SSSR count). The molecule has 3 aromatic heterocycles. The molecule has 3 aromatic rings. The maximum atomic E-state index is 12.5. The molecule has 0 saturated carbocycles. The van der Waals surface area contributed by atoms with Crippen LogP contribution in [0.25, 0.3) is 10.2 Å². The van der Waals surface area contributed by atoms with E-state index in [0.717, 1.165) is 31.2 Å². The lowest BCUT2D eigenvalue weighted by Crippen LogP contribution is -2.19. The summed E-state index contributed by atoms with van der Waals surface area (Å²) in [6.45, 7) is 0. The van der Waals surface area contributed by atoms with Crippen LogP contribution in [0.15, 0.2) is 27.8 Å². The third-order valence-corrected chi connectivity index (χ3v) is 5.50. The van der Waals surface area contributed by atoms with Crippen molar-refractivity contribution in [1.82, 2.24) is 9.97 Å². The van der Waals surface area contributed by atoms with Crippen molar-refractivity contribution < 1.29 is 9.21 Å². The SMILES string of the molecule is N#CC(C(=O)c1ccoc1)c1nc2sc3c(c2c(=O)[nH]1)CCCC3. The quantitative estimate of drug-likeness (QED) is 0.740. The van der Waals surface area contributed by atoms with Gasteiger partial charge in [-0.05, 0) is 37.3 Å². The van der Waals surface area contributed by atoms with E-state index >= 15 is 0 Å². The van der Waals surface area contributed by atoms with Gasteiger partial charge in [-0.3, -0.25) is 9.59 Å². The van der Waals surface area contributed by atoms with E-state index in [2.05, 4.69) is 9.97 Å². The zero-order valence-corrected chi connectivity index (χ0v) is 13.5. The molecule has 0 radical (unpaired) electrons. The number of carbonyl (C=O) groups is 1. The van der Waals surface area contributed by atoms with Crippen molar-refractivity contribution in [3.63, 3.8) is 0 Å². The van der Waals surface area contributed by atoms with Crippen molar-refractivity contribution in [2.45, 2.75) is 31.6 Å². The summed E-state index contributed by atoms with van der Waals surface area (Å²) in [4.78, 5) is 33.9. The Kier molecular flexibility index (Phi) is 3.54. The number of rotatable bonds is 3. The lowest BCUT2D eigenvalue weighted by atomic mass is 9.97. The van der Waals surface area contributed by atoms with Gasteiger partial charge in [0.1, 0.15) is 16.9 Å². The second-order valence-electron chi connectivity index (χ2n) is 5.78. The third-order valence-electron chi connectivity index (χ3n) is 4.31. The number of aromatic amines is 1. The van der Waals surface area contributed by atoms with E-state index in [4.69, 9.17) is 4.42 Å². The maximum absolute atomic E-state index is 12.5. The Bertz CT molecular complexity index is 1020. The smallest absolute Gasteiger partial charge is 0.259 e. The average molecular weight is 339 g/mol. The standard InChI is InChI=1S/C17H13N3O3S/c18-7-11(14(21)9-5-6-23-8-9)15-19-16(22)13-10-3-1-2-4-12(10)24-17(13)20-15/h5-6,8,11H,1-4H2,(H,19,20,22). The Hall–Kier alpha value is -2.72. The van der Waals surface area contributed by atoms with Crippen LogP contribution < -0.4 is 5.56 Å². The fourth-order valence-corrected chi connectivity index (χ4v) is 4.40. The van der Waals surface area contributed by atoms with Gasteiger partial charge in [0.2, 0.25) is 0 Å². The number of carbonyl (C=O) groups excluding carboxylic acids is 1. The molecule has 0 bridgehead atoms. The summed E-state index contributed by atoms with van der Waals surface area (Å²) >= 11 is 1.49. The minimum Gasteiger partial charge on any atom is -0.472 e. The Labute approximate surface area is 140 Å². The molecule has 0 aromatic carbocycles. The van der Waals surface area contributed by atoms with Gasteiger partial charge in [-0.1, -0.05) is 0 Å². The molecule has 1 atom stereocenters. The maximum Gasteiger partial charge on any atom is 0.259 e. The second kappa shape index (κ2) is 5.73. The summed E-state index contributed by atoms with van der Waals surface area (Å²) in [5, 5.41) is 10.0. The lowest BCUT2D eigenvalue weighted by Gasteiger charge is -2.09. The number of nitrogens with one attached hydrogen (secondary N) is 1. The highest BCUT2D eigenvalue weighted by molar-refractivity contribution is 7.18. The van der Waals surface area contributed by atoms with Gasteiger partial charge in [-0.15, -0.1) is 11.3 Å². The molecule has 1 unspecified atom stereocenters. The van der Waals surface area contributed by atoms with Gasteiger partial charge in [-0.2, -0.15) is 5.26 Å². The topological polar surface area (TPSA) is 99.8 Å². The van der Waals surface area contributed by atoms with Crippen molar-refractivity contribution in [1.29, 1.82) is 5.26 Å². The Morgan fingerprint density at radius 2 is 2.25 bits per heavy atom. The van der Waals surface area contributed by atoms with Gasteiger partial charge in [0.15, 0.2) is 11.7 Å². The van der Waals surface area contributed by atoms with E-state index in [9.17, 15) is 14.9 Å². The van der Waals surface area contributed by atoms with Crippen molar-refractivity contribution in [3.8, 4) is 6.07 Å². The first-order valence-corrected chi connectivity index (χ1v) is 8.51. The van der Waals surface area contributed by atoms with Crippen LogP contribution in [0.1, 0.15) is 45.4 Å². The van der Waals surface area contributed by atoms with E-state index in [1.54, 1.807) is 0 Å². The number of furan rings is 1. The van der Waals surface area contributed by atoms with Gasteiger partial charge >= 0.3 is 0 Å². The van der Waals surface area contributed by atoms with Crippen molar-refractivity contribution in [3.05, 3.63) is 50.8 Å². The van der Waals surface area contributed by atoms with Gasteiger partial charge < -0.3 is 9.40 Å². The lowest BCUT2D eigenvalue weighted by molar-refractivity contribution is 0.0975. The number of nitrogens with zero attached hydrogens (tertiary/aromatic N) is 2. The molecule has 3 heterocycles. The number of H-pyrrole nitrogens is 1. The van der Waals surface area contributed by atoms with E-state index in [0.29, 0.717) is 10.2 Å². The highest BCUT2D eigenvalue weighted by Crippen LogP contribution is 2.34. The summed E-state index contributed by atoms with van der Waals surface area (Å²) in [5.41, 5.74) is 1.10. The monoisotopic (exact) mass is 339 g/mol. The number of fused-ring (bicyclic) bond motifs is 3. The van der Waals surface area contributed by atoms with Crippen LogP contribution in [-0.2, 0) is 12.8 Å². The van der Waals surface area contributed by atoms with Crippen LogP contribution in [-0.4, -0.2) is 15.8 Å². The average Bonchev–Trinajstić information content (AvgIpc) is 3.23. The molecular weight excluding hydrogens is 326 g/mol. The molecule has 0 spiro atoms. The Morgan fingerprint density at radius 3 is 3.00 bits per heavy atom. The number of Topliss-reactive ketones (excluding diaryl/α,β-unsaturated/α-hetero) is 1. The second-order valence-corrected chi connectivity index (χ2v) is 6.86. The Morgan fingerprint density at radius 1 is 1.42 bits per heavy atom. The van der Waals surface area contributed by atoms with Crippen LogP contribution in [0.3, 0.4) is 0 Å². The first-order valence-electron chi connectivity index (χ1n) is 7.69. The molecule has 0 fully saturated rings. The number of ketones is 1. The largest absolute Gasteiger partial charge is 0.472 e. The first-order chi connectivity index (χ1) is 11.7. The van der Waals surface area contributed by atoms with Crippen LogP contribution in [0, 0.1) is 11.3 Å². The first kappa shape index (κ1) is 14.8. The van der Waals surface area contributed by atoms with Crippen LogP contribution >= 0.6 is 11.3 Å². The zero-order valence-electron chi connectivity index (χ0n) is 12.7. The van der Waals surface area contributed by atoms with Gasteiger partial charge in [0, 0.05) is 4.88 Å². The third kappa shape index (κ3) is 2.27. The fraction of sp³-hybridized carbons (Fsp3) is 0.294. The number of nitriles is 1. The summed E-state index contributed by atoms with van der Waals surface area (Å²) < 4.78 is 4.89. The normalized spacial score (nSPS) is 15.0. The molecule has 1 N–H and O–H groups in total. The van der Waals surface area contributed by atoms with Crippen molar-refractivity contribution in [2.75, 3.05) is 0 Å². The number of aryl methyl sites for hydroxylation is 2. The summed E-state index contributed by atoms with van der Waals surface area (Å²) in [7, 11) is 0. The van der Waals surface area contributed by atoms with Crippen LogP contribution in [0.2, 0.25) is 0 Å². The minimum atomic E-state index is -1.15. The predicted molar refractivity (Wildman–Crippen MR) is 88.3 cm³/mol. The predicted octanol–water partition coefficient (Wildman–Crippen LogP) is 2.95. The Balaban J connectivity index is 1.84. The minimum absolute atomic E-state index is 0.0970. The molecule has 1 aliphatic rings. The van der Waals surface area contributed by atoms with Gasteiger partial charge in [0.05, 0.1) is 23.3 Å². The van der Waals surface area contributed by atoms with Gasteiger partial charge in [-0.25, -0.2) is 4.98 Å². The van der Waals surface area contributed by atoms with Crippen molar-refractivity contribution in [2.24, 2.45) is 0 Å². The van der Waals surface area contributed by atoms with Crippen LogP contribution in [0.5, 0.6) is 0 Å². The van der Waals surface area contributed by atoms with E-state index in [1.165, 1.54) is 34.8 Å². The fourth-order valence-electron chi connectivity index (χ4n) is 3.13. The number of hydrogen-bond donors (Lipinski definition) is 1. The van der Waals surface area contributed by atoms with E-state index in [-0.39, 0.29) is 16.9 Å². The summed E-state index contributed by atoms with van der Waals surface area (Å²) in [6.07, 6.45) is 6.68. The molecule has 24 heavy (non-hydrogen) atoms. The van der Waals surface area contributed by atoms with E-state index in [1.807, 2.05) is 6.07 Å². The van der Waals surface area contributed by atoms with Crippen molar-refractivity contribution >= 4 is 27.3 Å². The molecule has 120 valence electrons. The van der Waals surface area contributed by atoms with E-state index < -0.39 is 11.7 Å².